The minimum Gasteiger partial charge on any atom is -0.310 e. The quantitative estimate of drug-likeness (QED) is 0.158. The van der Waals surface area contributed by atoms with Crippen molar-refractivity contribution in [2.75, 3.05) is 4.90 Å². The van der Waals surface area contributed by atoms with Gasteiger partial charge in [-0.05, 0) is 116 Å². The summed E-state index contributed by atoms with van der Waals surface area (Å²) in [5.74, 6) is 0. The smallest absolute Gasteiger partial charge is 0.0640 e. The summed E-state index contributed by atoms with van der Waals surface area (Å²) in [5, 5.41) is 15.1. The molecule has 2 aromatic heterocycles. The van der Waals surface area contributed by atoms with Crippen molar-refractivity contribution in [1.29, 1.82) is 0 Å². The normalized spacial score (nSPS) is 11.9. The van der Waals surface area contributed by atoms with Crippen LogP contribution in [0.1, 0.15) is 0 Å². The number of hydrogen-bond acceptors (Lipinski definition) is 2. The molecule has 0 atom stereocenters. The first-order valence-electron chi connectivity index (χ1n) is 20.9. The molecule has 0 saturated carbocycles. The highest BCUT2D eigenvalue weighted by Gasteiger charge is 2.24. The van der Waals surface area contributed by atoms with E-state index < -0.39 is 0 Å². The van der Waals surface area contributed by atoms with Crippen LogP contribution in [0.2, 0.25) is 0 Å². The summed E-state index contributed by atoms with van der Waals surface area (Å²) in [7, 11) is 0. The van der Waals surface area contributed by atoms with Gasteiger partial charge >= 0.3 is 0 Å². The second kappa shape index (κ2) is 13.4. The fourth-order valence-corrected chi connectivity index (χ4v) is 11.1. The largest absolute Gasteiger partial charge is 0.310 e. The average molecular weight is 793 g/mol. The van der Waals surface area contributed by atoms with Crippen LogP contribution in [-0.4, -0.2) is 4.57 Å². The molecule has 0 bridgehead atoms. The second-order valence-corrected chi connectivity index (χ2v) is 17.1. The first kappa shape index (κ1) is 34.2. The van der Waals surface area contributed by atoms with Gasteiger partial charge in [-0.2, -0.15) is 0 Å². The predicted octanol–water partition coefficient (Wildman–Crippen LogP) is 16.9. The highest BCUT2D eigenvalue weighted by molar-refractivity contribution is 7.25. The zero-order valence-electron chi connectivity index (χ0n) is 33.1. The van der Waals surface area contributed by atoms with E-state index in [1.165, 1.54) is 96.2 Å². The van der Waals surface area contributed by atoms with Crippen LogP contribution in [0.5, 0.6) is 0 Å². The number of anilines is 3. The lowest BCUT2D eigenvalue weighted by Gasteiger charge is -2.27. The third-order valence-corrected chi connectivity index (χ3v) is 13.9. The zero-order chi connectivity index (χ0) is 40.0. The SMILES string of the molecule is c1ccc(N(c2ccc3sc4ccccc4c3c2)c2cc3ccccc3c3c2c2ccc(-c4ccc5c6ccccc6c6ccccc6c5c4)cc2n3-c2ccccc2)cc1. The van der Waals surface area contributed by atoms with Crippen molar-refractivity contribution >= 4 is 113 Å². The number of aromatic nitrogens is 1. The lowest BCUT2D eigenvalue weighted by molar-refractivity contribution is 1.19. The van der Waals surface area contributed by atoms with E-state index in [2.05, 4.69) is 228 Å². The van der Waals surface area contributed by atoms with Gasteiger partial charge in [0.2, 0.25) is 0 Å². The summed E-state index contributed by atoms with van der Waals surface area (Å²) >= 11 is 1.86. The van der Waals surface area contributed by atoms with E-state index >= 15 is 0 Å². The second-order valence-electron chi connectivity index (χ2n) is 16.0. The van der Waals surface area contributed by atoms with Crippen molar-refractivity contribution in [3.05, 3.63) is 218 Å². The van der Waals surface area contributed by atoms with Crippen molar-refractivity contribution in [3.63, 3.8) is 0 Å². The molecule has 11 aromatic carbocycles. The summed E-state index contributed by atoms with van der Waals surface area (Å²) in [6.07, 6.45) is 0. The number of para-hydroxylation sites is 2. The highest BCUT2D eigenvalue weighted by Crippen LogP contribution is 2.49. The topological polar surface area (TPSA) is 8.17 Å². The predicted molar refractivity (Wildman–Crippen MR) is 264 cm³/mol. The van der Waals surface area contributed by atoms with Crippen molar-refractivity contribution in [3.8, 4) is 16.8 Å². The lowest BCUT2D eigenvalue weighted by atomic mass is 9.92. The molecule has 0 spiro atoms. The molecule has 13 rings (SSSR count). The number of benzene rings is 11. The van der Waals surface area contributed by atoms with Crippen LogP contribution in [-0.2, 0) is 0 Å². The summed E-state index contributed by atoms with van der Waals surface area (Å²) in [5.41, 5.74) is 9.29. The Balaban J connectivity index is 1.12. The molecule has 2 heterocycles. The summed E-state index contributed by atoms with van der Waals surface area (Å²) in [6.45, 7) is 0. The first-order valence-corrected chi connectivity index (χ1v) is 21.7. The van der Waals surface area contributed by atoms with E-state index in [1.54, 1.807) is 0 Å². The minimum atomic E-state index is 1.12. The molecule has 0 aliphatic carbocycles. The van der Waals surface area contributed by atoms with E-state index in [1.807, 2.05) is 11.3 Å². The Morgan fingerprint density at radius 2 is 0.902 bits per heavy atom. The molecule has 0 aliphatic rings. The Bertz CT molecular complexity index is 3840. The van der Waals surface area contributed by atoms with Gasteiger partial charge in [-0.3, -0.25) is 0 Å². The lowest BCUT2D eigenvalue weighted by Crippen LogP contribution is -2.10. The van der Waals surface area contributed by atoms with Gasteiger partial charge in [0.15, 0.2) is 0 Å². The minimum absolute atomic E-state index is 1.12. The highest BCUT2D eigenvalue weighted by atomic mass is 32.1. The number of thiophene rings is 1. The van der Waals surface area contributed by atoms with Crippen LogP contribution in [0.25, 0.3) is 102 Å². The van der Waals surface area contributed by atoms with E-state index in [0.717, 1.165) is 22.7 Å². The summed E-state index contributed by atoms with van der Waals surface area (Å²) in [4.78, 5) is 2.47. The van der Waals surface area contributed by atoms with Gasteiger partial charge in [0.05, 0.1) is 16.7 Å². The van der Waals surface area contributed by atoms with Crippen LogP contribution in [0.4, 0.5) is 17.1 Å². The standard InChI is InChI=1S/C58H36N2S/c1-3-16-40(17-4-1)59(42-29-32-56-52(36-42)49-25-13-14-26-55(49)61-56)54-35-39-15-7-8-20-43(39)58-57(54)50-31-28-38(34-53(50)60(58)41-18-5-2-6-19-41)37-27-30-48-46-23-10-9-21-44(46)45-22-11-12-24-47(45)51(48)33-37/h1-36H. The zero-order valence-corrected chi connectivity index (χ0v) is 33.9. The third-order valence-electron chi connectivity index (χ3n) is 12.7. The number of nitrogens with zero attached hydrogens (tertiary/aromatic N) is 2. The Morgan fingerprint density at radius 3 is 1.64 bits per heavy atom. The Kier molecular flexibility index (Phi) is 7.51. The molecule has 0 fully saturated rings. The van der Waals surface area contributed by atoms with E-state index in [9.17, 15) is 0 Å². The molecule has 2 nitrogen and oxygen atoms in total. The van der Waals surface area contributed by atoms with Crippen molar-refractivity contribution in [2.45, 2.75) is 0 Å². The maximum absolute atomic E-state index is 2.50. The molecule has 3 heteroatoms. The Labute approximate surface area is 356 Å². The maximum atomic E-state index is 2.50. The fourth-order valence-electron chi connectivity index (χ4n) is 10.0. The van der Waals surface area contributed by atoms with E-state index in [0.29, 0.717) is 0 Å². The summed E-state index contributed by atoms with van der Waals surface area (Å²) in [6, 6.07) is 80.6. The Hall–Kier alpha value is -7.72. The molecule has 0 radical (unpaired) electrons. The van der Waals surface area contributed by atoms with E-state index in [-0.39, 0.29) is 0 Å². The van der Waals surface area contributed by atoms with Crippen molar-refractivity contribution in [1.82, 2.24) is 4.57 Å². The molecule has 0 aliphatic heterocycles. The van der Waals surface area contributed by atoms with Gasteiger partial charge in [-0.1, -0.05) is 152 Å². The van der Waals surface area contributed by atoms with Gasteiger partial charge in [0, 0.05) is 53.4 Å². The maximum Gasteiger partial charge on any atom is 0.0640 e. The van der Waals surface area contributed by atoms with Gasteiger partial charge < -0.3 is 9.47 Å². The summed E-state index contributed by atoms with van der Waals surface area (Å²) < 4.78 is 5.11. The van der Waals surface area contributed by atoms with Gasteiger partial charge in [0.1, 0.15) is 0 Å². The monoisotopic (exact) mass is 792 g/mol. The molecule has 0 N–H and O–H groups in total. The molecule has 0 unspecified atom stereocenters. The van der Waals surface area contributed by atoms with E-state index in [4.69, 9.17) is 0 Å². The van der Waals surface area contributed by atoms with Crippen LogP contribution >= 0.6 is 11.3 Å². The van der Waals surface area contributed by atoms with Gasteiger partial charge in [-0.25, -0.2) is 0 Å². The molecular weight excluding hydrogens is 757 g/mol. The van der Waals surface area contributed by atoms with Crippen molar-refractivity contribution < 1.29 is 0 Å². The van der Waals surface area contributed by atoms with Crippen LogP contribution < -0.4 is 4.90 Å². The molecule has 13 aromatic rings. The molecular formula is C58H36N2S. The van der Waals surface area contributed by atoms with Crippen molar-refractivity contribution in [2.24, 2.45) is 0 Å². The molecule has 0 amide bonds. The molecule has 61 heavy (non-hydrogen) atoms. The molecule has 0 saturated heterocycles. The Morgan fingerprint density at radius 1 is 0.344 bits per heavy atom. The number of fused-ring (bicyclic) bond motifs is 14. The first-order chi connectivity index (χ1) is 30.3. The van der Waals surface area contributed by atoms with Crippen LogP contribution in [0.3, 0.4) is 0 Å². The number of rotatable bonds is 5. The third kappa shape index (κ3) is 5.21. The molecule has 284 valence electrons. The van der Waals surface area contributed by atoms with Crippen LogP contribution in [0, 0.1) is 0 Å². The number of hydrogen-bond donors (Lipinski definition) is 0. The van der Waals surface area contributed by atoms with Crippen LogP contribution in [0.15, 0.2) is 218 Å². The average Bonchev–Trinajstić information content (AvgIpc) is 3.88. The van der Waals surface area contributed by atoms with Gasteiger partial charge in [-0.15, -0.1) is 11.3 Å². The van der Waals surface area contributed by atoms with Gasteiger partial charge in [0.25, 0.3) is 0 Å². The fraction of sp³-hybridized carbons (Fsp3) is 0.